The smallest absolute Gasteiger partial charge is 0.0516 e. The van der Waals surface area contributed by atoms with Gasteiger partial charge in [0, 0.05) is 0 Å². The van der Waals surface area contributed by atoms with Gasteiger partial charge in [-0.05, 0) is 0 Å². The molecule has 0 aromatic rings. The molecule has 0 aliphatic carbocycles. The Morgan fingerprint density at radius 1 is 0.833 bits per heavy atom. The van der Waals surface area contributed by atoms with Crippen molar-refractivity contribution in [3.8, 4) is 0 Å². The van der Waals surface area contributed by atoms with E-state index in [1.54, 1.807) is 0 Å². The van der Waals surface area contributed by atoms with Gasteiger partial charge in [0.15, 0.2) is 0 Å². The highest BCUT2D eigenvalue weighted by Gasteiger charge is 1.80. The van der Waals surface area contributed by atoms with Crippen LogP contribution in [0.4, 0.5) is 0 Å². The SMILES string of the molecule is C.CCCCCCC.I.ICI. The van der Waals surface area contributed by atoms with Gasteiger partial charge in [-0.1, -0.05) is 98.6 Å². The highest BCUT2D eigenvalue weighted by molar-refractivity contribution is 14.2. The summed E-state index contributed by atoms with van der Waals surface area (Å²) in [6, 6.07) is 0. The molecule has 0 unspecified atom stereocenters. The Balaban J connectivity index is -0.0000000569. The van der Waals surface area contributed by atoms with Gasteiger partial charge in [0.05, 0.1) is 2.43 Å². The molecule has 80 valence electrons. The van der Waals surface area contributed by atoms with Crippen LogP contribution in [-0.2, 0) is 0 Å². The summed E-state index contributed by atoms with van der Waals surface area (Å²) in [7, 11) is 0. The number of hydrogen-bond acceptors (Lipinski definition) is 0. The summed E-state index contributed by atoms with van der Waals surface area (Å²) in [6.45, 7) is 4.49. The molecule has 0 rings (SSSR count). The molecule has 0 heterocycles. The molecule has 0 aromatic heterocycles. The number of hydrogen-bond donors (Lipinski definition) is 0. The van der Waals surface area contributed by atoms with Crippen LogP contribution in [0.2, 0.25) is 0 Å². The maximum absolute atomic E-state index is 2.28. The lowest BCUT2D eigenvalue weighted by Gasteiger charge is -1.90. The monoisotopic (exact) mass is 512 g/mol. The largest absolute Gasteiger partial charge is 0.107 e. The van der Waals surface area contributed by atoms with E-state index in [4.69, 9.17) is 0 Å². The Morgan fingerprint density at radius 3 is 1.25 bits per heavy atom. The molecule has 0 fully saturated rings. The zero-order valence-corrected chi connectivity index (χ0v) is 14.1. The zero-order valence-electron chi connectivity index (χ0n) is 7.41. The summed E-state index contributed by atoms with van der Waals surface area (Å²) >= 11 is 4.55. The second-order valence-corrected chi connectivity index (χ2v) is 6.61. The van der Waals surface area contributed by atoms with Crippen LogP contribution in [-0.4, -0.2) is 2.43 Å². The quantitative estimate of drug-likeness (QED) is 0.245. The maximum atomic E-state index is 2.28. The van der Waals surface area contributed by atoms with Gasteiger partial charge < -0.3 is 0 Å². The molecule has 0 N–H and O–H groups in total. The van der Waals surface area contributed by atoms with E-state index in [0.717, 1.165) is 0 Å². The summed E-state index contributed by atoms with van der Waals surface area (Å²) < 4.78 is 1.19. The van der Waals surface area contributed by atoms with Crippen LogP contribution in [0.3, 0.4) is 0 Å². The van der Waals surface area contributed by atoms with Crippen molar-refractivity contribution in [1.29, 1.82) is 0 Å². The van der Waals surface area contributed by atoms with E-state index in [1.165, 1.54) is 34.5 Å². The zero-order chi connectivity index (χ0) is 8.24. The Hall–Kier alpha value is 2.19. The van der Waals surface area contributed by atoms with E-state index in [1.807, 2.05) is 0 Å². The first kappa shape index (κ1) is 23.8. The summed E-state index contributed by atoms with van der Waals surface area (Å²) in [4.78, 5) is 0. The topological polar surface area (TPSA) is 0 Å². The maximum Gasteiger partial charge on any atom is 0.0516 e. The lowest BCUT2D eigenvalue weighted by Crippen LogP contribution is -1.70. The van der Waals surface area contributed by atoms with E-state index in [2.05, 4.69) is 59.0 Å². The van der Waals surface area contributed by atoms with Crippen LogP contribution in [0.15, 0.2) is 0 Å². The van der Waals surface area contributed by atoms with E-state index >= 15 is 0 Å². The Bertz CT molecular complexity index is 36.8. The van der Waals surface area contributed by atoms with Crippen LogP contribution in [0, 0.1) is 0 Å². The molecule has 0 atom stereocenters. The third-order valence-corrected chi connectivity index (χ3v) is 1.21. The van der Waals surface area contributed by atoms with E-state index in [-0.39, 0.29) is 31.4 Å². The first-order chi connectivity index (χ1) is 4.83. The highest BCUT2D eigenvalue weighted by Crippen LogP contribution is 2.00. The van der Waals surface area contributed by atoms with Gasteiger partial charge >= 0.3 is 0 Å². The molecule has 0 nitrogen and oxygen atoms in total. The number of unbranched alkanes of at least 4 members (excludes halogenated alkanes) is 4. The number of halogens is 3. The molecule has 0 aliphatic rings. The predicted molar refractivity (Wildman–Crippen MR) is 89.5 cm³/mol. The van der Waals surface area contributed by atoms with E-state index < -0.39 is 0 Å². The minimum absolute atomic E-state index is 0. The first-order valence-corrected chi connectivity index (χ1v) is 7.00. The van der Waals surface area contributed by atoms with E-state index in [9.17, 15) is 0 Å². The molecule has 3 heteroatoms. The van der Waals surface area contributed by atoms with Crippen LogP contribution in [0.25, 0.3) is 0 Å². The molecule has 0 aliphatic heterocycles. The van der Waals surface area contributed by atoms with Gasteiger partial charge in [-0.15, -0.1) is 24.0 Å². The first-order valence-electron chi connectivity index (χ1n) is 3.95. The fourth-order valence-corrected chi connectivity index (χ4v) is 0.677. The fourth-order valence-electron chi connectivity index (χ4n) is 0.677. The third-order valence-electron chi connectivity index (χ3n) is 1.21. The lowest BCUT2D eigenvalue weighted by atomic mass is 10.2. The van der Waals surface area contributed by atoms with Crippen molar-refractivity contribution < 1.29 is 0 Å². The molecule has 0 radical (unpaired) electrons. The summed E-state index contributed by atoms with van der Waals surface area (Å²) in [5, 5.41) is 0. The predicted octanol–water partition coefficient (Wildman–Crippen LogP) is 6.04. The second kappa shape index (κ2) is 29.2. The number of alkyl halides is 2. The second-order valence-electron chi connectivity index (χ2n) is 2.16. The lowest BCUT2D eigenvalue weighted by molar-refractivity contribution is 0.656. The van der Waals surface area contributed by atoms with Gasteiger partial charge in [0.25, 0.3) is 0 Å². The average Bonchev–Trinajstić information content (AvgIpc) is 1.91. The van der Waals surface area contributed by atoms with Gasteiger partial charge in [0.2, 0.25) is 0 Å². The van der Waals surface area contributed by atoms with Gasteiger partial charge in [-0.2, -0.15) is 0 Å². The van der Waals surface area contributed by atoms with Crippen molar-refractivity contribution in [3.05, 3.63) is 0 Å². The summed E-state index contributed by atoms with van der Waals surface area (Å²) in [5.74, 6) is 0. The average molecular weight is 512 g/mol. The molecule has 0 bridgehead atoms. The van der Waals surface area contributed by atoms with Crippen molar-refractivity contribution >= 4 is 69.2 Å². The van der Waals surface area contributed by atoms with Gasteiger partial charge in [-0.3, -0.25) is 0 Å². The Kier molecular flexibility index (Phi) is 57.9. The Morgan fingerprint density at radius 2 is 1.08 bits per heavy atom. The van der Waals surface area contributed by atoms with Crippen molar-refractivity contribution in [1.82, 2.24) is 0 Å². The molecular formula is C9H23I3. The van der Waals surface area contributed by atoms with Crippen LogP contribution in [0.5, 0.6) is 0 Å². The van der Waals surface area contributed by atoms with E-state index in [0.29, 0.717) is 0 Å². The normalized spacial score (nSPS) is 7.00. The number of rotatable bonds is 4. The molecule has 0 saturated carbocycles. The van der Waals surface area contributed by atoms with Crippen molar-refractivity contribution in [2.45, 2.75) is 53.4 Å². The molecule has 0 spiro atoms. The standard InChI is InChI=1S/C7H16.CH2I2.CH4.HI/c1-3-5-7-6-4-2;2-1-3;;/h3-7H2,1-2H3;1H2;1H4;1H. The third kappa shape index (κ3) is 39.8. The van der Waals surface area contributed by atoms with Crippen LogP contribution in [0.1, 0.15) is 53.4 Å². The molecule has 0 amide bonds. The van der Waals surface area contributed by atoms with Crippen LogP contribution < -0.4 is 0 Å². The van der Waals surface area contributed by atoms with Gasteiger partial charge in [0.1, 0.15) is 0 Å². The molecular weight excluding hydrogens is 489 g/mol. The minimum atomic E-state index is 0. The molecule has 12 heavy (non-hydrogen) atoms. The van der Waals surface area contributed by atoms with Crippen molar-refractivity contribution in [3.63, 3.8) is 0 Å². The highest BCUT2D eigenvalue weighted by atomic mass is 127. The minimum Gasteiger partial charge on any atom is -0.107 e. The molecule has 0 saturated heterocycles. The fraction of sp³-hybridized carbons (Fsp3) is 1.00. The van der Waals surface area contributed by atoms with Crippen molar-refractivity contribution in [2.24, 2.45) is 0 Å². The summed E-state index contributed by atoms with van der Waals surface area (Å²) in [5.41, 5.74) is 0. The van der Waals surface area contributed by atoms with Gasteiger partial charge in [-0.25, -0.2) is 0 Å². The van der Waals surface area contributed by atoms with Crippen LogP contribution >= 0.6 is 69.2 Å². The Labute approximate surface area is 123 Å². The molecule has 0 aromatic carbocycles. The summed E-state index contributed by atoms with van der Waals surface area (Å²) in [6.07, 6.45) is 7.01. The van der Waals surface area contributed by atoms with Crippen molar-refractivity contribution in [2.75, 3.05) is 2.43 Å².